The van der Waals surface area contributed by atoms with Gasteiger partial charge < -0.3 is 48.1 Å². The first-order valence-electron chi connectivity index (χ1n) is 36.5. The maximum Gasteiger partial charge on any atom is 0.475 e. The molecule has 9 aromatic rings. The van der Waals surface area contributed by atoms with E-state index in [-0.39, 0.29) is 128 Å². The molecule has 27 nitrogen and oxygen atoms in total. The Kier molecular flexibility index (Phi) is 26.4. The molecule has 2 unspecified atom stereocenters. The van der Waals surface area contributed by atoms with E-state index in [4.69, 9.17) is 56.0 Å². The molecule has 8 atom stereocenters. The number of hydrogen-bond donors (Lipinski definition) is 3. The quantitative estimate of drug-likeness (QED) is 0.0142. The van der Waals surface area contributed by atoms with Gasteiger partial charge in [0.1, 0.15) is 60.8 Å². The van der Waals surface area contributed by atoms with Crippen molar-refractivity contribution in [1.82, 2.24) is 34.4 Å². The summed E-state index contributed by atoms with van der Waals surface area (Å²) in [6, 6.07) is 51.5. The van der Waals surface area contributed by atoms with Crippen LogP contribution in [-0.4, -0.2) is 124 Å². The molecular formula is C81H88N10O17P2. The summed E-state index contributed by atoms with van der Waals surface area (Å²) in [6.45, 7) is 9.01. The molecule has 0 radical (unpaired) electrons. The highest BCUT2D eigenvalue weighted by Crippen LogP contribution is 2.57. The average Bonchev–Trinajstić information content (AvgIpc) is 1.44. The lowest BCUT2D eigenvalue weighted by Gasteiger charge is -2.37. The summed E-state index contributed by atoms with van der Waals surface area (Å²) < 4.78 is 89.3. The molecule has 0 bridgehead atoms. The topological polar surface area (TPSA) is 340 Å². The third-order valence-corrected chi connectivity index (χ3v) is 23.7. The van der Waals surface area contributed by atoms with Crippen molar-refractivity contribution >= 4 is 51.0 Å². The molecule has 2 amide bonds. The van der Waals surface area contributed by atoms with Crippen molar-refractivity contribution in [2.24, 2.45) is 11.8 Å². The first kappa shape index (κ1) is 79.4. The van der Waals surface area contributed by atoms with Gasteiger partial charge in [0.05, 0.1) is 78.1 Å². The second-order valence-electron chi connectivity index (χ2n) is 27.5. The van der Waals surface area contributed by atoms with Gasteiger partial charge in [0.25, 0.3) is 11.5 Å². The number of methoxy groups -OCH3 is 2. The summed E-state index contributed by atoms with van der Waals surface area (Å²) in [5.41, 5.74) is 5.42. The van der Waals surface area contributed by atoms with Gasteiger partial charge in [-0.15, -0.1) is 0 Å². The maximum absolute atomic E-state index is 15.9. The largest absolute Gasteiger partial charge is 0.497 e. The van der Waals surface area contributed by atoms with Crippen LogP contribution < -0.4 is 31.4 Å². The van der Waals surface area contributed by atoms with E-state index >= 15 is 4.57 Å². The maximum atomic E-state index is 15.9. The summed E-state index contributed by atoms with van der Waals surface area (Å²) in [7, 11) is -3.51. The number of esters is 1. The van der Waals surface area contributed by atoms with E-state index in [1.807, 2.05) is 109 Å². The van der Waals surface area contributed by atoms with Gasteiger partial charge in [-0.1, -0.05) is 143 Å². The molecule has 574 valence electrons. The molecule has 12 rings (SSSR count). The molecule has 5 heterocycles. The average molecular weight is 1540 g/mol. The molecule has 1 aliphatic carbocycles. The van der Waals surface area contributed by atoms with Crippen LogP contribution in [0, 0.1) is 41.4 Å². The molecule has 0 saturated carbocycles. The number of H-pyrrole nitrogens is 1. The minimum atomic E-state index is -4.89. The van der Waals surface area contributed by atoms with Crippen LogP contribution in [0.25, 0.3) is 22.3 Å². The highest BCUT2D eigenvalue weighted by atomic mass is 31.2. The fourth-order valence-electron chi connectivity index (χ4n) is 14.2. The number of hydrogen-bond acceptors (Lipinski definition) is 22. The highest BCUT2D eigenvalue weighted by Gasteiger charge is 2.49. The number of carbonyl (C=O) groups excluding carboxylic acids is 3. The van der Waals surface area contributed by atoms with Crippen LogP contribution in [0.2, 0.25) is 0 Å². The van der Waals surface area contributed by atoms with Crippen LogP contribution in [0.4, 0.5) is 5.82 Å². The lowest BCUT2D eigenvalue weighted by molar-refractivity contribution is -0.144. The number of imidazole rings is 1. The van der Waals surface area contributed by atoms with Crippen molar-refractivity contribution in [3.63, 3.8) is 0 Å². The van der Waals surface area contributed by atoms with E-state index in [1.165, 1.54) is 23.4 Å². The van der Waals surface area contributed by atoms with Crippen LogP contribution in [0.5, 0.6) is 11.5 Å². The van der Waals surface area contributed by atoms with Crippen molar-refractivity contribution in [1.29, 1.82) is 10.5 Å². The lowest BCUT2D eigenvalue weighted by atomic mass is 9.80. The Balaban J connectivity index is 0.785. The van der Waals surface area contributed by atoms with E-state index < -0.39 is 89.0 Å². The number of aromatic nitrogens is 6. The molecule has 3 aromatic heterocycles. The first-order valence-corrected chi connectivity index (χ1v) is 39.2. The van der Waals surface area contributed by atoms with Crippen LogP contribution in [0.3, 0.4) is 0 Å². The minimum Gasteiger partial charge on any atom is -0.497 e. The van der Waals surface area contributed by atoms with Crippen molar-refractivity contribution in [3.8, 4) is 34.8 Å². The third kappa shape index (κ3) is 18.5. The summed E-state index contributed by atoms with van der Waals surface area (Å²) >= 11 is 0. The van der Waals surface area contributed by atoms with Crippen molar-refractivity contribution in [2.45, 2.75) is 140 Å². The van der Waals surface area contributed by atoms with Crippen LogP contribution in [0.15, 0.2) is 180 Å². The Morgan fingerprint density at radius 3 is 1.94 bits per heavy atom. The van der Waals surface area contributed by atoms with Crippen LogP contribution in [-0.2, 0) is 67.9 Å². The fraction of sp³-hybridized carbons (Fsp3) is 0.383. The van der Waals surface area contributed by atoms with Crippen LogP contribution >= 0.6 is 16.2 Å². The summed E-state index contributed by atoms with van der Waals surface area (Å²) in [5, 5.41) is 25.2. The van der Waals surface area contributed by atoms with Gasteiger partial charge in [-0.2, -0.15) is 10.5 Å². The van der Waals surface area contributed by atoms with Crippen LogP contribution in [0.1, 0.15) is 140 Å². The number of rotatable bonds is 36. The number of nitrogens with one attached hydrogen (secondary N) is 3. The number of fused-ring (bicyclic) bond motifs is 4. The monoisotopic (exact) mass is 1530 g/mol. The van der Waals surface area contributed by atoms with E-state index in [9.17, 15) is 34.5 Å². The molecule has 2 aliphatic heterocycles. The lowest BCUT2D eigenvalue weighted by Crippen LogP contribution is -2.38. The van der Waals surface area contributed by atoms with E-state index in [2.05, 4.69) is 83.6 Å². The smallest absolute Gasteiger partial charge is 0.475 e. The molecular weight excluding hydrogens is 1450 g/mol. The third-order valence-electron chi connectivity index (χ3n) is 19.6. The molecule has 29 heteroatoms. The first-order chi connectivity index (χ1) is 53.3. The zero-order chi connectivity index (χ0) is 77.5. The molecule has 3 aliphatic rings. The normalized spacial score (nSPS) is 18.3. The fourth-order valence-corrected chi connectivity index (χ4v) is 17.7. The van der Waals surface area contributed by atoms with Gasteiger partial charge in [0, 0.05) is 61.1 Å². The Labute approximate surface area is 638 Å². The predicted octanol–water partition coefficient (Wildman–Crippen LogP) is 13.4. The van der Waals surface area contributed by atoms with Gasteiger partial charge in [0.15, 0.2) is 25.4 Å². The van der Waals surface area contributed by atoms with Crippen molar-refractivity contribution in [2.75, 3.05) is 52.6 Å². The summed E-state index contributed by atoms with van der Waals surface area (Å²) in [6.07, 6.45) is -1.98. The van der Waals surface area contributed by atoms with E-state index in [0.29, 0.717) is 29.0 Å². The number of amides is 2. The number of nitrogens with zero attached hydrogens (tertiary/aromatic N) is 7. The van der Waals surface area contributed by atoms with Gasteiger partial charge >= 0.3 is 19.5 Å². The highest BCUT2D eigenvalue weighted by molar-refractivity contribution is 7.48. The SMILES string of the molecule is COc1ccc(C(OC[C@H]2O[C@@H](n3cnc4c(NC(=O)c5ccc(CNC(=O)CCCC(=O)OCC6c7ccccc7-c7ccccc76)cc5)ncnc43)C[C@H]2OP(=O)(OCCC#N)OC[C@H]2O[C@@H](n3cc(C)c(=O)[nH]c3=O)C[C@H]2OP(OCCC#N)C(C(C)C)C(C)C)(c2ccccc2)c2ccc(OC)cc2)cc1. The number of phosphoric ester groups is 1. The number of ether oxygens (including phenoxy) is 6. The van der Waals surface area contributed by atoms with Gasteiger partial charge in [-0.05, 0) is 106 Å². The Hall–Kier alpha value is -10.1. The van der Waals surface area contributed by atoms with Gasteiger partial charge in [0.2, 0.25) is 5.91 Å². The second kappa shape index (κ2) is 36.6. The molecule has 2 saturated heterocycles. The van der Waals surface area contributed by atoms with Crippen molar-refractivity contribution in [3.05, 3.63) is 236 Å². The van der Waals surface area contributed by atoms with Gasteiger partial charge in [-0.25, -0.2) is 24.3 Å². The molecule has 0 spiro atoms. The molecule has 2 fully saturated rings. The number of carbonyl (C=O) groups is 3. The summed E-state index contributed by atoms with van der Waals surface area (Å²) in [4.78, 5) is 82.2. The molecule has 3 N–H and O–H groups in total. The zero-order valence-corrected chi connectivity index (χ0v) is 63.9. The van der Waals surface area contributed by atoms with E-state index in [1.54, 1.807) is 50.0 Å². The Bertz CT molecular complexity index is 4830. The minimum absolute atomic E-state index is 0.0368. The van der Waals surface area contributed by atoms with E-state index in [0.717, 1.165) is 33.4 Å². The number of aromatic amines is 1. The predicted molar refractivity (Wildman–Crippen MR) is 408 cm³/mol. The number of nitriles is 2. The number of anilines is 1. The number of aryl methyl sites for hydroxylation is 1. The van der Waals surface area contributed by atoms with Crippen molar-refractivity contribution < 1.29 is 70.0 Å². The standard InChI is InChI=1S/C81H88N10O17P2/c1-51(2)75(52(3)4)109(102-40-16-38-82)107-66-42-71(90-45-53(5)78(94)89-80(90)96)106-69(66)48-104-110(97,103-41-17-39-83)108-67-43-72(105-68(67)47-101-81(56-18-9-8-10-19-56,57-30-34-59(98-6)35-31-57)58-32-36-60(99-7)37-33-58)91-50-87-74-76(85-49-86-77(74)91)88-79(95)55-28-26-54(27-29-55)44-84-70(92)24-15-25-73(93)100-46-65-63-22-13-11-20-61(63)62-21-12-14-23-64(62)65/h8-14,18-23,26-37,45,49-52,65-69,71-72,75H,15-17,24-25,40-44,46-48H2,1-7H3,(H,84,92)(H,89,94,96)(H,85,86,88,95)/t66-,67-,68-,69-,71-,72-,109?,110?/m1/s1. The zero-order valence-electron chi connectivity index (χ0n) is 62.1. The molecule has 110 heavy (non-hydrogen) atoms. The number of phosphoric acid groups is 1. The molecule has 6 aromatic carbocycles. The second-order valence-corrected chi connectivity index (χ2v) is 30.8. The summed E-state index contributed by atoms with van der Waals surface area (Å²) in [5.74, 6) is 0.165. The van der Waals surface area contributed by atoms with Gasteiger partial charge in [-0.3, -0.25) is 46.9 Å². The Morgan fingerprint density at radius 1 is 0.700 bits per heavy atom. The number of benzene rings is 6. The Morgan fingerprint density at radius 2 is 1.30 bits per heavy atom.